The molecule has 1 atom stereocenters. The zero-order valence-corrected chi connectivity index (χ0v) is 12.9. The molecule has 1 N–H and O–H groups in total. The maximum atomic E-state index is 13.2. The largest absolute Gasteiger partial charge is 0.364 e. The van der Waals surface area contributed by atoms with Gasteiger partial charge in [-0.1, -0.05) is 23.7 Å². The first-order valence-corrected chi connectivity index (χ1v) is 7.92. The number of benzene rings is 1. The highest BCUT2D eigenvalue weighted by atomic mass is 19.1. The SMILES string of the molecule is O=C(NCC(c1ccc(F)cc1)N1CCCCC1)c1ccon1. The van der Waals surface area contributed by atoms with Crippen molar-refractivity contribution in [2.45, 2.75) is 25.3 Å². The lowest BCUT2D eigenvalue weighted by Gasteiger charge is -2.35. The molecule has 5 nitrogen and oxygen atoms in total. The molecule has 2 heterocycles. The minimum atomic E-state index is -0.261. The fourth-order valence-electron chi connectivity index (χ4n) is 2.98. The second-order valence-corrected chi connectivity index (χ2v) is 5.76. The van der Waals surface area contributed by atoms with Crippen LogP contribution in [-0.2, 0) is 0 Å². The minimum absolute atomic E-state index is 0.0340. The third-order valence-corrected chi connectivity index (χ3v) is 4.21. The highest BCUT2D eigenvalue weighted by Crippen LogP contribution is 2.24. The summed E-state index contributed by atoms with van der Waals surface area (Å²) in [6, 6.07) is 8.07. The summed E-state index contributed by atoms with van der Waals surface area (Å²) in [6.07, 6.45) is 4.90. The average Bonchev–Trinajstić information content (AvgIpc) is 3.12. The van der Waals surface area contributed by atoms with Gasteiger partial charge in [0.05, 0.1) is 6.04 Å². The maximum Gasteiger partial charge on any atom is 0.273 e. The van der Waals surface area contributed by atoms with E-state index in [0.717, 1.165) is 31.5 Å². The third kappa shape index (κ3) is 3.96. The normalized spacial score (nSPS) is 16.9. The fourth-order valence-corrected chi connectivity index (χ4v) is 2.98. The summed E-state index contributed by atoms with van der Waals surface area (Å²) in [5.74, 6) is -0.513. The van der Waals surface area contributed by atoms with E-state index in [4.69, 9.17) is 4.52 Å². The van der Waals surface area contributed by atoms with Gasteiger partial charge in [-0.3, -0.25) is 9.69 Å². The first-order valence-electron chi connectivity index (χ1n) is 7.92. The molecule has 1 aliphatic heterocycles. The van der Waals surface area contributed by atoms with E-state index in [1.165, 1.54) is 30.9 Å². The Balaban J connectivity index is 1.72. The van der Waals surface area contributed by atoms with Gasteiger partial charge in [-0.05, 0) is 43.6 Å². The molecule has 1 aromatic heterocycles. The Hall–Kier alpha value is -2.21. The van der Waals surface area contributed by atoms with Crippen LogP contribution >= 0.6 is 0 Å². The van der Waals surface area contributed by atoms with Gasteiger partial charge in [0, 0.05) is 12.6 Å². The number of hydrogen-bond donors (Lipinski definition) is 1. The maximum absolute atomic E-state index is 13.2. The van der Waals surface area contributed by atoms with E-state index in [2.05, 4.69) is 15.4 Å². The molecule has 1 fully saturated rings. The molecule has 1 aromatic carbocycles. The first-order chi connectivity index (χ1) is 11.2. The molecule has 122 valence electrons. The molecule has 23 heavy (non-hydrogen) atoms. The van der Waals surface area contributed by atoms with Crippen molar-refractivity contribution in [2.24, 2.45) is 0 Å². The molecule has 1 unspecified atom stereocenters. The van der Waals surface area contributed by atoms with Crippen LogP contribution in [0.1, 0.15) is 41.4 Å². The topological polar surface area (TPSA) is 58.4 Å². The molecule has 0 bridgehead atoms. The Morgan fingerprint density at radius 2 is 1.96 bits per heavy atom. The van der Waals surface area contributed by atoms with Gasteiger partial charge in [-0.2, -0.15) is 0 Å². The van der Waals surface area contributed by atoms with Crippen molar-refractivity contribution in [3.05, 3.63) is 53.7 Å². The molecular formula is C17H20FN3O2. The number of amides is 1. The molecule has 0 saturated carbocycles. The quantitative estimate of drug-likeness (QED) is 0.921. The monoisotopic (exact) mass is 317 g/mol. The molecule has 6 heteroatoms. The summed E-state index contributed by atoms with van der Waals surface area (Å²) < 4.78 is 17.9. The minimum Gasteiger partial charge on any atom is -0.364 e. The van der Waals surface area contributed by atoms with Crippen molar-refractivity contribution in [3.8, 4) is 0 Å². The number of halogens is 1. The van der Waals surface area contributed by atoms with Crippen LogP contribution in [-0.4, -0.2) is 35.6 Å². The lowest BCUT2D eigenvalue weighted by molar-refractivity contribution is 0.0915. The third-order valence-electron chi connectivity index (χ3n) is 4.21. The van der Waals surface area contributed by atoms with E-state index in [1.54, 1.807) is 12.1 Å². The van der Waals surface area contributed by atoms with Gasteiger partial charge >= 0.3 is 0 Å². The van der Waals surface area contributed by atoms with Crippen LogP contribution in [0, 0.1) is 5.82 Å². The number of rotatable bonds is 5. The van der Waals surface area contributed by atoms with E-state index in [-0.39, 0.29) is 23.5 Å². The van der Waals surface area contributed by atoms with Crippen molar-refractivity contribution < 1.29 is 13.7 Å². The highest BCUT2D eigenvalue weighted by molar-refractivity contribution is 5.91. The van der Waals surface area contributed by atoms with E-state index in [9.17, 15) is 9.18 Å². The number of aromatic nitrogens is 1. The number of nitrogens with zero attached hydrogens (tertiary/aromatic N) is 2. The molecule has 1 amide bonds. The molecule has 0 aliphatic carbocycles. The Morgan fingerprint density at radius 1 is 1.22 bits per heavy atom. The van der Waals surface area contributed by atoms with Crippen LogP contribution in [0.4, 0.5) is 4.39 Å². The summed E-state index contributed by atoms with van der Waals surface area (Å²) in [7, 11) is 0. The van der Waals surface area contributed by atoms with Gasteiger partial charge in [0.15, 0.2) is 5.69 Å². The van der Waals surface area contributed by atoms with E-state index < -0.39 is 0 Å². The second-order valence-electron chi connectivity index (χ2n) is 5.76. The summed E-state index contributed by atoms with van der Waals surface area (Å²) in [5, 5.41) is 6.54. The molecule has 0 spiro atoms. The molecule has 0 radical (unpaired) electrons. The first kappa shape index (κ1) is 15.7. The molecular weight excluding hydrogens is 297 g/mol. The standard InChI is InChI=1S/C17H20FN3O2/c18-14-6-4-13(5-7-14)16(21-9-2-1-3-10-21)12-19-17(22)15-8-11-23-20-15/h4-8,11,16H,1-3,9-10,12H2,(H,19,22). The van der Waals surface area contributed by atoms with Gasteiger partial charge in [0.1, 0.15) is 12.1 Å². The van der Waals surface area contributed by atoms with Gasteiger partial charge in [0.25, 0.3) is 5.91 Å². The fraction of sp³-hybridized carbons (Fsp3) is 0.412. The Labute approximate surface area is 134 Å². The Kier molecular flexibility index (Phi) is 5.02. The number of piperidine rings is 1. The van der Waals surface area contributed by atoms with Crippen LogP contribution in [0.2, 0.25) is 0 Å². The Morgan fingerprint density at radius 3 is 2.61 bits per heavy atom. The predicted octanol–water partition coefficient (Wildman–Crippen LogP) is 2.77. The average molecular weight is 317 g/mol. The molecule has 3 rings (SSSR count). The lowest BCUT2D eigenvalue weighted by Crippen LogP contribution is -2.40. The van der Waals surface area contributed by atoms with Crippen molar-refractivity contribution in [1.29, 1.82) is 0 Å². The van der Waals surface area contributed by atoms with Gasteiger partial charge in [-0.15, -0.1) is 0 Å². The van der Waals surface area contributed by atoms with Crippen LogP contribution in [0.3, 0.4) is 0 Å². The van der Waals surface area contributed by atoms with Crippen LogP contribution in [0.25, 0.3) is 0 Å². The predicted molar refractivity (Wildman–Crippen MR) is 83.4 cm³/mol. The second kappa shape index (κ2) is 7.37. The highest BCUT2D eigenvalue weighted by Gasteiger charge is 2.23. The van der Waals surface area contributed by atoms with E-state index in [1.807, 2.05) is 0 Å². The molecule has 2 aromatic rings. The van der Waals surface area contributed by atoms with Crippen LogP contribution in [0.15, 0.2) is 41.1 Å². The van der Waals surface area contributed by atoms with Crippen molar-refractivity contribution in [2.75, 3.05) is 19.6 Å². The number of nitrogens with one attached hydrogen (secondary N) is 1. The van der Waals surface area contributed by atoms with E-state index in [0.29, 0.717) is 6.54 Å². The van der Waals surface area contributed by atoms with Crippen molar-refractivity contribution in [1.82, 2.24) is 15.4 Å². The molecule has 1 saturated heterocycles. The number of hydrogen-bond acceptors (Lipinski definition) is 4. The van der Waals surface area contributed by atoms with Gasteiger partial charge in [-0.25, -0.2) is 4.39 Å². The zero-order valence-electron chi connectivity index (χ0n) is 12.9. The van der Waals surface area contributed by atoms with E-state index >= 15 is 0 Å². The van der Waals surface area contributed by atoms with Crippen molar-refractivity contribution >= 4 is 5.91 Å². The van der Waals surface area contributed by atoms with Gasteiger partial charge < -0.3 is 9.84 Å². The molecule has 1 aliphatic rings. The zero-order chi connectivity index (χ0) is 16.1. The smallest absolute Gasteiger partial charge is 0.273 e. The summed E-state index contributed by atoms with van der Waals surface area (Å²) in [5.41, 5.74) is 1.27. The summed E-state index contributed by atoms with van der Waals surface area (Å²) >= 11 is 0. The summed E-state index contributed by atoms with van der Waals surface area (Å²) in [6.45, 7) is 2.43. The van der Waals surface area contributed by atoms with Crippen molar-refractivity contribution in [3.63, 3.8) is 0 Å². The van der Waals surface area contributed by atoms with Crippen LogP contribution in [0.5, 0.6) is 0 Å². The number of likely N-dealkylation sites (tertiary alicyclic amines) is 1. The van der Waals surface area contributed by atoms with Crippen LogP contribution < -0.4 is 5.32 Å². The lowest BCUT2D eigenvalue weighted by atomic mass is 10.0. The van der Waals surface area contributed by atoms with Gasteiger partial charge in [0.2, 0.25) is 0 Å². The number of carbonyl (C=O) groups is 1. The summed E-state index contributed by atoms with van der Waals surface area (Å²) in [4.78, 5) is 14.4. The number of carbonyl (C=O) groups excluding carboxylic acids is 1. The Bertz CT molecular complexity index is 622.